The highest BCUT2D eigenvalue weighted by Crippen LogP contribution is 2.24. The minimum absolute atomic E-state index is 0.0686. The summed E-state index contributed by atoms with van der Waals surface area (Å²) in [6, 6.07) is 0.0862. The van der Waals surface area contributed by atoms with Gasteiger partial charge in [-0.15, -0.1) is 0 Å². The van der Waals surface area contributed by atoms with Crippen LogP contribution >= 0.6 is 0 Å². The second-order valence-corrected chi connectivity index (χ2v) is 6.03. The van der Waals surface area contributed by atoms with Crippen molar-refractivity contribution >= 4 is 11.9 Å². The molecule has 0 spiro atoms. The van der Waals surface area contributed by atoms with E-state index in [1.165, 1.54) is 0 Å². The molecular weight excluding hydrogens is 244 g/mol. The molecular formula is C14H24N2O3. The average molecular weight is 268 g/mol. The topological polar surface area (TPSA) is 78.4 Å². The van der Waals surface area contributed by atoms with Crippen LogP contribution in [0.25, 0.3) is 0 Å². The van der Waals surface area contributed by atoms with Gasteiger partial charge in [-0.05, 0) is 51.0 Å². The van der Waals surface area contributed by atoms with Gasteiger partial charge in [-0.2, -0.15) is 0 Å². The lowest BCUT2D eigenvalue weighted by Gasteiger charge is -2.31. The maximum Gasteiger partial charge on any atom is 0.306 e. The Labute approximate surface area is 114 Å². The normalized spacial score (nSPS) is 35.6. The Kier molecular flexibility index (Phi) is 4.80. The molecule has 19 heavy (non-hydrogen) atoms. The average Bonchev–Trinajstić information content (AvgIpc) is 2.39. The second-order valence-electron chi connectivity index (χ2n) is 6.03. The molecule has 5 heteroatoms. The number of amides is 1. The summed E-state index contributed by atoms with van der Waals surface area (Å²) in [5.74, 6) is -0.237. The van der Waals surface area contributed by atoms with E-state index >= 15 is 0 Å². The molecule has 0 aromatic carbocycles. The van der Waals surface area contributed by atoms with Crippen molar-refractivity contribution in [3.8, 4) is 0 Å². The fourth-order valence-corrected chi connectivity index (χ4v) is 3.09. The number of aliphatic carboxylic acids is 1. The van der Waals surface area contributed by atoms with E-state index in [4.69, 9.17) is 5.11 Å². The van der Waals surface area contributed by atoms with E-state index in [0.29, 0.717) is 18.8 Å². The Morgan fingerprint density at radius 2 is 1.84 bits per heavy atom. The lowest BCUT2D eigenvalue weighted by Crippen LogP contribution is -2.51. The molecule has 1 aliphatic carbocycles. The van der Waals surface area contributed by atoms with Gasteiger partial charge in [-0.1, -0.05) is 6.92 Å². The first-order valence-electron chi connectivity index (χ1n) is 7.33. The molecule has 2 rings (SSSR count). The Morgan fingerprint density at radius 3 is 2.42 bits per heavy atom. The molecule has 3 N–H and O–H groups in total. The van der Waals surface area contributed by atoms with Gasteiger partial charge in [-0.3, -0.25) is 9.59 Å². The van der Waals surface area contributed by atoms with Gasteiger partial charge < -0.3 is 15.7 Å². The summed E-state index contributed by atoms with van der Waals surface area (Å²) in [4.78, 5) is 23.0. The molecule has 0 aromatic heterocycles. The number of nitrogens with one attached hydrogen (secondary N) is 2. The van der Waals surface area contributed by atoms with E-state index in [9.17, 15) is 9.59 Å². The highest BCUT2D eigenvalue weighted by Gasteiger charge is 2.29. The molecule has 2 fully saturated rings. The predicted molar refractivity (Wildman–Crippen MR) is 71.7 cm³/mol. The fraction of sp³-hybridized carbons (Fsp3) is 0.857. The molecule has 108 valence electrons. The van der Waals surface area contributed by atoms with Crippen molar-refractivity contribution in [1.29, 1.82) is 0 Å². The highest BCUT2D eigenvalue weighted by molar-refractivity contribution is 5.82. The summed E-state index contributed by atoms with van der Waals surface area (Å²) >= 11 is 0. The molecule has 1 saturated carbocycles. The van der Waals surface area contributed by atoms with Crippen LogP contribution in [-0.2, 0) is 9.59 Å². The van der Waals surface area contributed by atoms with Crippen molar-refractivity contribution in [2.24, 2.45) is 11.8 Å². The van der Waals surface area contributed by atoms with E-state index in [2.05, 4.69) is 17.6 Å². The fourth-order valence-electron chi connectivity index (χ4n) is 3.09. The molecule has 2 atom stereocenters. The van der Waals surface area contributed by atoms with Crippen molar-refractivity contribution in [1.82, 2.24) is 10.6 Å². The Balaban J connectivity index is 1.75. The molecule has 0 radical (unpaired) electrons. The molecule has 0 aromatic rings. The molecule has 1 saturated heterocycles. The van der Waals surface area contributed by atoms with Crippen LogP contribution < -0.4 is 10.6 Å². The van der Waals surface area contributed by atoms with Crippen LogP contribution in [0.1, 0.15) is 45.4 Å². The standard InChI is InChI=1S/C14H24N2O3/c1-9-6-7-15-12(8-9)13(17)16-11-4-2-10(3-5-11)14(18)19/h9-12,15H,2-8H2,1H3,(H,16,17)(H,18,19). The quantitative estimate of drug-likeness (QED) is 0.717. The van der Waals surface area contributed by atoms with Crippen LogP contribution in [0, 0.1) is 11.8 Å². The SMILES string of the molecule is CC1CCNC(C(=O)NC2CCC(C(=O)O)CC2)C1. The van der Waals surface area contributed by atoms with Gasteiger partial charge in [0.25, 0.3) is 0 Å². The van der Waals surface area contributed by atoms with Gasteiger partial charge in [0.2, 0.25) is 5.91 Å². The lowest BCUT2D eigenvalue weighted by atomic mass is 9.85. The largest absolute Gasteiger partial charge is 0.481 e. The highest BCUT2D eigenvalue weighted by atomic mass is 16.4. The lowest BCUT2D eigenvalue weighted by molar-refractivity contribution is -0.142. The number of hydrogen-bond donors (Lipinski definition) is 3. The number of rotatable bonds is 3. The van der Waals surface area contributed by atoms with Crippen LogP contribution in [0.2, 0.25) is 0 Å². The van der Waals surface area contributed by atoms with Crippen LogP contribution in [0.3, 0.4) is 0 Å². The zero-order valence-electron chi connectivity index (χ0n) is 11.5. The van der Waals surface area contributed by atoms with E-state index < -0.39 is 5.97 Å². The first kappa shape index (κ1) is 14.3. The maximum absolute atomic E-state index is 12.1. The minimum Gasteiger partial charge on any atom is -0.481 e. The summed E-state index contributed by atoms with van der Waals surface area (Å²) in [6.07, 6.45) is 4.95. The van der Waals surface area contributed by atoms with Gasteiger partial charge in [0, 0.05) is 6.04 Å². The summed E-state index contributed by atoms with van der Waals surface area (Å²) in [7, 11) is 0. The molecule has 0 bridgehead atoms. The number of hydrogen-bond acceptors (Lipinski definition) is 3. The van der Waals surface area contributed by atoms with Crippen molar-refractivity contribution in [2.45, 2.75) is 57.5 Å². The zero-order valence-corrected chi connectivity index (χ0v) is 11.5. The van der Waals surface area contributed by atoms with Gasteiger partial charge in [0.05, 0.1) is 12.0 Å². The Morgan fingerprint density at radius 1 is 1.16 bits per heavy atom. The molecule has 1 aliphatic heterocycles. The van der Waals surface area contributed by atoms with Crippen LogP contribution in [0.4, 0.5) is 0 Å². The molecule has 1 amide bonds. The van der Waals surface area contributed by atoms with Crippen LogP contribution in [0.5, 0.6) is 0 Å². The van der Waals surface area contributed by atoms with E-state index in [1.54, 1.807) is 0 Å². The van der Waals surface area contributed by atoms with Gasteiger partial charge in [-0.25, -0.2) is 0 Å². The Hall–Kier alpha value is -1.10. The first-order valence-corrected chi connectivity index (χ1v) is 7.33. The maximum atomic E-state index is 12.1. The zero-order chi connectivity index (χ0) is 13.8. The van der Waals surface area contributed by atoms with Gasteiger partial charge in [0.1, 0.15) is 0 Å². The van der Waals surface area contributed by atoms with E-state index in [1.807, 2.05) is 0 Å². The Bertz CT molecular complexity index is 338. The van der Waals surface area contributed by atoms with Crippen molar-refractivity contribution in [2.75, 3.05) is 6.54 Å². The van der Waals surface area contributed by atoms with Crippen LogP contribution in [-0.4, -0.2) is 35.6 Å². The van der Waals surface area contributed by atoms with Crippen molar-refractivity contribution < 1.29 is 14.7 Å². The summed E-state index contributed by atoms with van der Waals surface area (Å²) in [6.45, 7) is 3.09. The van der Waals surface area contributed by atoms with Crippen LogP contribution in [0.15, 0.2) is 0 Å². The molecule has 1 heterocycles. The number of piperidine rings is 1. The molecule has 2 aliphatic rings. The second kappa shape index (κ2) is 6.37. The minimum atomic E-state index is -0.701. The number of carboxylic acid groups (broad SMARTS) is 1. The van der Waals surface area contributed by atoms with Gasteiger partial charge in [0.15, 0.2) is 0 Å². The first-order chi connectivity index (χ1) is 9.06. The van der Waals surface area contributed by atoms with Gasteiger partial charge >= 0.3 is 5.97 Å². The van der Waals surface area contributed by atoms with E-state index in [0.717, 1.165) is 32.2 Å². The predicted octanol–water partition coefficient (Wildman–Crippen LogP) is 1.13. The van der Waals surface area contributed by atoms with E-state index in [-0.39, 0.29) is 23.9 Å². The number of carboxylic acids is 1. The number of carbonyl (C=O) groups excluding carboxylic acids is 1. The third kappa shape index (κ3) is 3.93. The van der Waals surface area contributed by atoms with Crippen molar-refractivity contribution in [3.05, 3.63) is 0 Å². The smallest absolute Gasteiger partial charge is 0.306 e. The summed E-state index contributed by atoms with van der Waals surface area (Å²) in [5.41, 5.74) is 0. The number of carbonyl (C=O) groups is 2. The third-order valence-electron chi connectivity index (χ3n) is 4.41. The summed E-state index contributed by atoms with van der Waals surface area (Å²) in [5, 5.41) is 15.3. The molecule has 2 unspecified atom stereocenters. The monoisotopic (exact) mass is 268 g/mol. The third-order valence-corrected chi connectivity index (χ3v) is 4.41. The summed E-state index contributed by atoms with van der Waals surface area (Å²) < 4.78 is 0. The molecule has 5 nitrogen and oxygen atoms in total. The van der Waals surface area contributed by atoms with Crippen molar-refractivity contribution in [3.63, 3.8) is 0 Å².